The van der Waals surface area contributed by atoms with Crippen molar-refractivity contribution in [3.63, 3.8) is 0 Å². The maximum atomic E-state index is 13.0. The molecule has 1 saturated heterocycles. The zero-order valence-electron chi connectivity index (χ0n) is 18.9. The molecule has 1 fully saturated rings. The van der Waals surface area contributed by atoms with E-state index in [9.17, 15) is 13.2 Å². The van der Waals surface area contributed by atoms with Crippen molar-refractivity contribution in [2.45, 2.75) is 17.7 Å². The number of para-hydroxylation sites is 2. The Morgan fingerprint density at radius 1 is 1.09 bits per heavy atom. The Kier molecular flexibility index (Phi) is 6.78. The van der Waals surface area contributed by atoms with E-state index < -0.39 is 15.9 Å². The Morgan fingerprint density at radius 2 is 1.85 bits per heavy atom. The fraction of sp³-hybridized carbons (Fsp3) is 0.208. The van der Waals surface area contributed by atoms with Crippen LogP contribution in [0.15, 0.2) is 76.2 Å². The van der Waals surface area contributed by atoms with Crippen molar-refractivity contribution in [2.75, 3.05) is 31.3 Å². The molecular formula is C24H25N5O4S. The van der Waals surface area contributed by atoms with Gasteiger partial charge in [0.15, 0.2) is 0 Å². The predicted octanol–water partition coefficient (Wildman–Crippen LogP) is 3.90. The summed E-state index contributed by atoms with van der Waals surface area (Å²) in [6.45, 7) is 0.793. The Labute approximate surface area is 198 Å². The van der Waals surface area contributed by atoms with Crippen LogP contribution in [0.5, 0.6) is 5.75 Å². The molecule has 0 aliphatic carbocycles. The van der Waals surface area contributed by atoms with Crippen LogP contribution in [0.4, 0.5) is 17.2 Å². The lowest BCUT2D eigenvalue weighted by atomic mass is 10.2. The molecule has 0 radical (unpaired) electrons. The number of aromatic nitrogens is 1. The summed E-state index contributed by atoms with van der Waals surface area (Å²) in [5, 5.41) is 5.91. The Bertz CT molecular complexity index is 1320. The van der Waals surface area contributed by atoms with Crippen molar-refractivity contribution in [2.24, 2.45) is 4.40 Å². The standard InChI is InChI=1S/C24H25N5O4S/c1-29-16-6-10-22(29)28-34(31,32)18-13-11-17(12-14-18)26-24(30)19-7-5-15-25-23(19)27-20-8-3-4-9-21(20)33-2/h3-5,7-9,11-15H,6,10,16H2,1-2H3,(H,25,27)(H,26,30)/b28-22-. The van der Waals surface area contributed by atoms with Crippen molar-refractivity contribution in [1.82, 2.24) is 9.88 Å². The number of sulfonamides is 1. The quantitative estimate of drug-likeness (QED) is 0.528. The van der Waals surface area contributed by atoms with E-state index in [0.29, 0.717) is 40.8 Å². The van der Waals surface area contributed by atoms with Gasteiger partial charge < -0.3 is 20.3 Å². The number of rotatable bonds is 7. The second kappa shape index (κ2) is 9.92. The highest BCUT2D eigenvalue weighted by Gasteiger charge is 2.20. The van der Waals surface area contributed by atoms with Crippen LogP contribution >= 0.6 is 0 Å². The first-order valence-electron chi connectivity index (χ1n) is 10.7. The minimum atomic E-state index is -3.82. The van der Waals surface area contributed by atoms with E-state index in [2.05, 4.69) is 20.0 Å². The highest BCUT2D eigenvalue weighted by atomic mass is 32.2. The second-order valence-corrected chi connectivity index (χ2v) is 9.32. The third-order valence-electron chi connectivity index (χ3n) is 5.38. The zero-order valence-corrected chi connectivity index (χ0v) is 19.7. The molecule has 176 valence electrons. The lowest BCUT2D eigenvalue weighted by Gasteiger charge is -2.13. The van der Waals surface area contributed by atoms with Gasteiger partial charge in [-0.15, -0.1) is 4.40 Å². The topological polar surface area (TPSA) is 113 Å². The summed E-state index contributed by atoms with van der Waals surface area (Å²) in [5.74, 6) is 1.14. The summed E-state index contributed by atoms with van der Waals surface area (Å²) in [6.07, 6.45) is 3.11. The van der Waals surface area contributed by atoms with Gasteiger partial charge in [-0.3, -0.25) is 4.79 Å². The molecule has 1 amide bonds. The van der Waals surface area contributed by atoms with Gasteiger partial charge in [-0.2, -0.15) is 8.42 Å². The SMILES string of the molecule is COc1ccccc1Nc1ncccc1C(=O)Nc1ccc(S(=O)(=O)/N=C2/CCCN2C)cc1. The van der Waals surface area contributed by atoms with Crippen molar-refractivity contribution >= 4 is 39.0 Å². The van der Waals surface area contributed by atoms with Crippen LogP contribution in [0.2, 0.25) is 0 Å². The van der Waals surface area contributed by atoms with Crippen LogP contribution in [0.1, 0.15) is 23.2 Å². The summed E-state index contributed by atoms with van der Waals surface area (Å²) in [6, 6.07) is 16.6. The molecule has 10 heteroatoms. The highest BCUT2D eigenvalue weighted by molar-refractivity contribution is 7.90. The Hall–Kier alpha value is -3.92. The van der Waals surface area contributed by atoms with Crippen LogP contribution in [-0.2, 0) is 10.0 Å². The predicted molar refractivity (Wildman–Crippen MR) is 131 cm³/mol. The number of anilines is 3. The molecule has 1 aromatic heterocycles. The number of amidine groups is 1. The van der Waals surface area contributed by atoms with E-state index in [-0.39, 0.29) is 4.90 Å². The molecule has 2 N–H and O–H groups in total. The molecule has 0 atom stereocenters. The van der Waals surface area contributed by atoms with Gasteiger partial charge in [-0.1, -0.05) is 12.1 Å². The summed E-state index contributed by atoms with van der Waals surface area (Å²) >= 11 is 0. The smallest absolute Gasteiger partial charge is 0.283 e. The van der Waals surface area contributed by atoms with Crippen molar-refractivity contribution in [1.29, 1.82) is 0 Å². The van der Waals surface area contributed by atoms with Crippen LogP contribution in [-0.4, -0.2) is 50.7 Å². The average Bonchev–Trinajstić information content (AvgIpc) is 3.23. The fourth-order valence-electron chi connectivity index (χ4n) is 3.57. The third-order valence-corrected chi connectivity index (χ3v) is 6.70. The van der Waals surface area contributed by atoms with Crippen molar-refractivity contribution in [3.8, 4) is 5.75 Å². The van der Waals surface area contributed by atoms with Gasteiger partial charge in [0.25, 0.3) is 15.9 Å². The minimum absolute atomic E-state index is 0.0678. The molecular weight excluding hydrogens is 454 g/mol. The number of pyridine rings is 1. The molecule has 1 aliphatic rings. The summed E-state index contributed by atoms with van der Waals surface area (Å²) in [7, 11) is -0.428. The number of carbonyl (C=O) groups excluding carboxylic acids is 1. The summed E-state index contributed by atoms with van der Waals surface area (Å²) < 4.78 is 34.6. The highest BCUT2D eigenvalue weighted by Crippen LogP contribution is 2.28. The first-order chi connectivity index (χ1) is 16.4. The van der Waals surface area contributed by atoms with Gasteiger partial charge >= 0.3 is 0 Å². The lowest BCUT2D eigenvalue weighted by Crippen LogP contribution is -2.20. The van der Waals surface area contributed by atoms with Gasteiger partial charge in [-0.25, -0.2) is 4.98 Å². The van der Waals surface area contributed by atoms with E-state index in [4.69, 9.17) is 4.74 Å². The maximum Gasteiger partial charge on any atom is 0.283 e. The van der Waals surface area contributed by atoms with Crippen LogP contribution in [0.25, 0.3) is 0 Å². The van der Waals surface area contributed by atoms with E-state index in [1.165, 1.54) is 24.3 Å². The number of hydrogen-bond acceptors (Lipinski definition) is 6. The van der Waals surface area contributed by atoms with Crippen LogP contribution in [0.3, 0.4) is 0 Å². The molecule has 9 nitrogen and oxygen atoms in total. The monoisotopic (exact) mass is 479 g/mol. The minimum Gasteiger partial charge on any atom is -0.495 e. The normalized spacial score (nSPS) is 14.8. The number of benzene rings is 2. The number of likely N-dealkylation sites (tertiary alicyclic amines) is 1. The lowest BCUT2D eigenvalue weighted by molar-refractivity contribution is 0.102. The number of nitrogens with one attached hydrogen (secondary N) is 2. The molecule has 0 unspecified atom stereocenters. The number of nitrogens with zero attached hydrogens (tertiary/aromatic N) is 3. The molecule has 0 bridgehead atoms. The van der Waals surface area contributed by atoms with Gasteiger partial charge in [0.2, 0.25) is 0 Å². The molecule has 4 rings (SSSR count). The number of ether oxygens (including phenoxy) is 1. The fourth-order valence-corrected chi connectivity index (χ4v) is 4.67. The van der Waals surface area contributed by atoms with E-state index in [1.54, 1.807) is 31.5 Å². The van der Waals surface area contributed by atoms with E-state index >= 15 is 0 Å². The van der Waals surface area contributed by atoms with Gasteiger partial charge in [-0.05, 0) is 55.0 Å². The number of methoxy groups -OCH3 is 1. The number of hydrogen-bond donors (Lipinski definition) is 2. The largest absolute Gasteiger partial charge is 0.495 e. The van der Waals surface area contributed by atoms with Gasteiger partial charge in [0, 0.05) is 31.9 Å². The first kappa shape index (κ1) is 23.2. The Balaban J connectivity index is 1.51. The third kappa shape index (κ3) is 5.18. The van der Waals surface area contributed by atoms with Gasteiger partial charge in [0.1, 0.15) is 17.4 Å². The molecule has 0 saturated carbocycles. The maximum absolute atomic E-state index is 13.0. The zero-order chi connectivity index (χ0) is 24.1. The molecule has 34 heavy (non-hydrogen) atoms. The second-order valence-electron chi connectivity index (χ2n) is 7.71. The summed E-state index contributed by atoms with van der Waals surface area (Å²) in [4.78, 5) is 19.2. The number of amides is 1. The van der Waals surface area contributed by atoms with Crippen molar-refractivity contribution < 1.29 is 17.9 Å². The van der Waals surface area contributed by atoms with Gasteiger partial charge in [0.05, 0.1) is 23.3 Å². The first-order valence-corrected chi connectivity index (χ1v) is 12.1. The van der Waals surface area contributed by atoms with E-state index in [0.717, 1.165) is 13.0 Å². The molecule has 3 aromatic rings. The van der Waals surface area contributed by atoms with Crippen LogP contribution in [0, 0.1) is 0 Å². The molecule has 1 aliphatic heterocycles. The summed E-state index contributed by atoms with van der Waals surface area (Å²) in [5.41, 5.74) is 1.43. The van der Waals surface area contributed by atoms with Crippen molar-refractivity contribution in [3.05, 3.63) is 72.4 Å². The molecule has 2 aromatic carbocycles. The Morgan fingerprint density at radius 3 is 2.56 bits per heavy atom. The van der Waals surface area contributed by atoms with Crippen LogP contribution < -0.4 is 15.4 Å². The molecule has 0 spiro atoms. The average molecular weight is 480 g/mol. The van der Waals surface area contributed by atoms with E-state index in [1.807, 2.05) is 30.1 Å². The number of carbonyl (C=O) groups is 1. The molecule has 2 heterocycles.